The normalized spacial score (nSPS) is 10.6. The lowest BCUT2D eigenvalue weighted by molar-refractivity contribution is 0.297. The van der Waals surface area contributed by atoms with Crippen molar-refractivity contribution in [2.75, 3.05) is 5.73 Å². The van der Waals surface area contributed by atoms with Gasteiger partial charge in [-0.3, -0.25) is 0 Å². The van der Waals surface area contributed by atoms with Crippen LogP contribution in [0.25, 0.3) is 0 Å². The van der Waals surface area contributed by atoms with Gasteiger partial charge in [-0.2, -0.15) is 0 Å². The van der Waals surface area contributed by atoms with Crippen molar-refractivity contribution in [1.82, 2.24) is 9.97 Å². The number of aryl methyl sites for hydroxylation is 2. The molecule has 2 rings (SSSR count). The molecule has 2 aromatic rings. The van der Waals surface area contributed by atoms with Gasteiger partial charge in [0.2, 0.25) is 5.95 Å². The Morgan fingerprint density at radius 2 is 1.82 bits per heavy atom. The maximum atomic E-state index is 5.99. The van der Waals surface area contributed by atoms with Crippen molar-refractivity contribution in [3.05, 3.63) is 47.3 Å². The van der Waals surface area contributed by atoms with E-state index in [1.165, 1.54) is 19.3 Å². The van der Waals surface area contributed by atoms with E-state index in [4.69, 9.17) is 10.5 Å². The highest BCUT2D eigenvalue weighted by Gasteiger charge is 2.12. The second-order valence-corrected chi connectivity index (χ2v) is 5.53. The zero-order chi connectivity index (χ0) is 15.8. The van der Waals surface area contributed by atoms with Crippen LogP contribution in [0, 0.1) is 6.92 Å². The minimum absolute atomic E-state index is 0.329. The second-order valence-electron chi connectivity index (χ2n) is 5.53. The van der Waals surface area contributed by atoms with E-state index < -0.39 is 0 Å². The Morgan fingerprint density at radius 3 is 2.55 bits per heavy atom. The van der Waals surface area contributed by atoms with Gasteiger partial charge in [0.1, 0.15) is 6.61 Å². The van der Waals surface area contributed by atoms with Gasteiger partial charge in [-0.05, 0) is 25.3 Å². The molecule has 4 heteroatoms. The lowest BCUT2D eigenvalue weighted by atomic mass is 10.1. The number of ether oxygens (including phenoxy) is 1. The standard InChI is InChI=1S/C18H25N3O/c1-3-4-5-9-12-16-17(14(2)20-18(19)21-16)22-13-15-10-7-6-8-11-15/h6-8,10-11H,3-5,9,12-13H2,1-2H3,(H2,19,20,21). The van der Waals surface area contributed by atoms with Crippen molar-refractivity contribution in [2.45, 2.75) is 52.6 Å². The average molecular weight is 299 g/mol. The highest BCUT2D eigenvalue weighted by atomic mass is 16.5. The molecule has 118 valence electrons. The first-order chi connectivity index (χ1) is 10.7. The summed E-state index contributed by atoms with van der Waals surface area (Å²) in [4.78, 5) is 8.62. The molecule has 1 aromatic carbocycles. The van der Waals surface area contributed by atoms with Crippen LogP contribution in [0.15, 0.2) is 30.3 Å². The Hall–Kier alpha value is -2.10. The first-order valence-electron chi connectivity index (χ1n) is 8.00. The molecule has 0 aliphatic carbocycles. The third-order valence-corrected chi connectivity index (χ3v) is 3.62. The molecule has 1 aromatic heterocycles. The lowest BCUT2D eigenvalue weighted by Gasteiger charge is -2.13. The number of aromatic nitrogens is 2. The smallest absolute Gasteiger partial charge is 0.220 e. The SMILES string of the molecule is CCCCCCc1nc(N)nc(C)c1OCc1ccccc1. The average Bonchev–Trinajstić information content (AvgIpc) is 2.51. The van der Waals surface area contributed by atoms with Gasteiger partial charge < -0.3 is 10.5 Å². The number of hydrogen-bond donors (Lipinski definition) is 1. The van der Waals surface area contributed by atoms with Crippen LogP contribution in [0.4, 0.5) is 5.95 Å². The summed E-state index contributed by atoms with van der Waals surface area (Å²) >= 11 is 0. The van der Waals surface area contributed by atoms with Crippen molar-refractivity contribution in [1.29, 1.82) is 0 Å². The molecule has 0 amide bonds. The van der Waals surface area contributed by atoms with E-state index >= 15 is 0 Å². The van der Waals surface area contributed by atoms with Crippen molar-refractivity contribution >= 4 is 5.95 Å². The fraction of sp³-hybridized carbons (Fsp3) is 0.444. The highest BCUT2D eigenvalue weighted by molar-refractivity contribution is 5.37. The minimum Gasteiger partial charge on any atom is -0.485 e. The molecule has 0 saturated carbocycles. The van der Waals surface area contributed by atoms with Crippen molar-refractivity contribution < 1.29 is 4.74 Å². The first kappa shape index (κ1) is 16.3. The third-order valence-electron chi connectivity index (χ3n) is 3.62. The largest absolute Gasteiger partial charge is 0.485 e. The van der Waals surface area contributed by atoms with Crippen molar-refractivity contribution in [2.24, 2.45) is 0 Å². The minimum atomic E-state index is 0.329. The topological polar surface area (TPSA) is 61.0 Å². The Labute approximate surface area is 132 Å². The molecule has 22 heavy (non-hydrogen) atoms. The maximum absolute atomic E-state index is 5.99. The fourth-order valence-corrected chi connectivity index (χ4v) is 2.45. The molecule has 0 atom stereocenters. The van der Waals surface area contributed by atoms with Crippen LogP contribution in [-0.4, -0.2) is 9.97 Å². The number of unbranched alkanes of at least 4 members (excludes halogenated alkanes) is 3. The van der Waals surface area contributed by atoms with Crippen LogP contribution < -0.4 is 10.5 Å². The number of anilines is 1. The van der Waals surface area contributed by atoms with Crippen molar-refractivity contribution in [3.8, 4) is 5.75 Å². The molecule has 0 radical (unpaired) electrons. The van der Waals surface area contributed by atoms with E-state index in [9.17, 15) is 0 Å². The van der Waals surface area contributed by atoms with E-state index in [1.54, 1.807) is 0 Å². The van der Waals surface area contributed by atoms with Crippen LogP contribution in [0.5, 0.6) is 5.75 Å². The van der Waals surface area contributed by atoms with Crippen LogP contribution in [0.1, 0.15) is 49.6 Å². The van der Waals surface area contributed by atoms with Gasteiger partial charge in [0.15, 0.2) is 5.75 Å². The summed E-state index contributed by atoms with van der Waals surface area (Å²) in [7, 11) is 0. The molecule has 0 aliphatic heterocycles. The van der Waals surface area contributed by atoms with E-state index in [2.05, 4.69) is 29.0 Å². The summed E-state index contributed by atoms with van der Waals surface area (Å²) in [5, 5.41) is 0. The zero-order valence-corrected chi connectivity index (χ0v) is 13.5. The highest BCUT2D eigenvalue weighted by Crippen LogP contribution is 2.24. The quantitative estimate of drug-likeness (QED) is 0.746. The zero-order valence-electron chi connectivity index (χ0n) is 13.5. The van der Waals surface area contributed by atoms with E-state index in [1.807, 2.05) is 25.1 Å². The molecule has 0 fully saturated rings. The summed E-state index contributed by atoms with van der Waals surface area (Å²) in [6.45, 7) is 4.66. The molecule has 0 spiro atoms. The lowest BCUT2D eigenvalue weighted by Crippen LogP contribution is -2.07. The predicted octanol–water partition coefficient (Wildman–Crippen LogP) is 4.07. The summed E-state index contributed by atoms with van der Waals surface area (Å²) in [5.41, 5.74) is 8.66. The van der Waals surface area contributed by atoms with Gasteiger partial charge >= 0.3 is 0 Å². The molecular formula is C18H25N3O. The molecule has 0 bridgehead atoms. The van der Waals surface area contributed by atoms with E-state index in [0.717, 1.165) is 35.5 Å². The molecule has 0 unspecified atom stereocenters. The molecule has 1 heterocycles. The number of nitrogens with zero attached hydrogens (tertiary/aromatic N) is 2. The first-order valence-corrected chi connectivity index (χ1v) is 8.00. The summed E-state index contributed by atoms with van der Waals surface area (Å²) in [6, 6.07) is 10.1. The van der Waals surface area contributed by atoms with Crippen LogP contribution in [0.3, 0.4) is 0 Å². The van der Waals surface area contributed by atoms with Gasteiger partial charge in [-0.25, -0.2) is 9.97 Å². The fourth-order valence-electron chi connectivity index (χ4n) is 2.45. The van der Waals surface area contributed by atoms with E-state index in [0.29, 0.717) is 12.6 Å². The number of nitrogen functional groups attached to an aromatic ring is 1. The van der Waals surface area contributed by atoms with Gasteiger partial charge in [-0.1, -0.05) is 56.5 Å². The molecule has 4 nitrogen and oxygen atoms in total. The Balaban J connectivity index is 2.07. The summed E-state index contributed by atoms with van der Waals surface area (Å²) in [6.07, 6.45) is 5.67. The van der Waals surface area contributed by atoms with Crippen LogP contribution >= 0.6 is 0 Å². The Kier molecular flexibility index (Phi) is 6.19. The number of benzene rings is 1. The monoisotopic (exact) mass is 299 g/mol. The van der Waals surface area contributed by atoms with Gasteiger partial charge in [-0.15, -0.1) is 0 Å². The number of hydrogen-bond acceptors (Lipinski definition) is 4. The van der Waals surface area contributed by atoms with Crippen LogP contribution in [0.2, 0.25) is 0 Å². The predicted molar refractivity (Wildman–Crippen MR) is 89.8 cm³/mol. The van der Waals surface area contributed by atoms with Gasteiger partial charge in [0.25, 0.3) is 0 Å². The van der Waals surface area contributed by atoms with E-state index in [-0.39, 0.29) is 0 Å². The van der Waals surface area contributed by atoms with Crippen LogP contribution in [-0.2, 0) is 13.0 Å². The molecule has 0 aliphatic rings. The summed E-state index contributed by atoms with van der Waals surface area (Å²) < 4.78 is 5.99. The molecule has 0 saturated heterocycles. The Bertz CT molecular complexity index is 584. The maximum Gasteiger partial charge on any atom is 0.220 e. The molecule has 2 N–H and O–H groups in total. The van der Waals surface area contributed by atoms with Crippen molar-refractivity contribution in [3.63, 3.8) is 0 Å². The second kappa shape index (κ2) is 8.37. The third kappa shape index (κ3) is 4.72. The van der Waals surface area contributed by atoms with Gasteiger partial charge in [0.05, 0.1) is 11.4 Å². The summed E-state index contributed by atoms with van der Waals surface area (Å²) in [5.74, 6) is 1.12. The Morgan fingerprint density at radius 1 is 1.05 bits per heavy atom. The number of nitrogens with two attached hydrogens (primary N) is 1. The van der Waals surface area contributed by atoms with Gasteiger partial charge in [0, 0.05) is 0 Å². The molecular weight excluding hydrogens is 274 g/mol. The number of rotatable bonds is 8.